The predicted molar refractivity (Wildman–Crippen MR) is 64.0 cm³/mol. The molecule has 2 nitrogen and oxygen atoms in total. The van der Waals surface area contributed by atoms with E-state index >= 15 is 0 Å². The lowest BCUT2D eigenvalue weighted by atomic mass is 10.2. The zero-order chi connectivity index (χ0) is 10.4. The van der Waals surface area contributed by atoms with Gasteiger partial charge in [-0.25, -0.2) is 0 Å². The van der Waals surface area contributed by atoms with Crippen LogP contribution in [-0.4, -0.2) is 30.7 Å². The van der Waals surface area contributed by atoms with Crippen molar-refractivity contribution in [3.63, 3.8) is 0 Å². The summed E-state index contributed by atoms with van der Waals surface area (Å²) in [6.07, 6.45) is 2.10. The molecule has 1 aromatic rings. The molecule has 0 unspecified atom stereocenters. The van der Waals surface area contributed by atoms with Gasteiger partial charge in [-0.05, 0) is 12.3 Å². The fourth-order valence-electron chi connectivity index (χ4n) is 1.37. The van der Waals surface area contributed by atoms with E-state index < -0.39 is 0 Å². The number of hydrogen-bond donors (Lipinski definition) is 1. The SMILES string of the molecule is CSCCN(C)c1ccccc1CO. The highest BCUT2D eigenvalue weighted by atomic mass is 32.2. The molecule has 0 atom stereocenters. The second-order valence-electron chi connectivity index (χ2n) is 3.20. The quantitative estimate of drug-likeness (QED) is 0.805. The molecule has 0 bridgehead atoms. The molecule has 3 heteroatoms. The molecule has 0 aliphatic rings. The van der Waals surface area contributed by atoms with E-state index in [0.29, 0.717) is 0 Å². The largest absolute Gasteiger partial charge is 0.392 e. The molecule has 0 radical (unpaired) electrons. The van der Waals surface area contributed by atoms with Gasteiger partial charge >= 0.3 is 0 Å². The first-order valence-corrected chi connectivity index (χ1v) is 6.07. The van der Waals surface area contributed by atoms with Crippen LogP contribution >= 0.6 is 11.8 Å². The van der Waals surface area contributed by atoms with E-state index in [9.17, 15) is 0 Å². The Hall–Kier alpha value is -0.670. The molecule has 0 fully saturated rings. The van der Waals surface area contributed by atoms with Crippen LogP contribution in [0.4, 0.5) is 5.69 Å². The highest BCUT2D eigenvalue weighted by Crippen LogP contribution is 2.18. The zero-order valence-electron chi connectivity index (χ0n) is 8.73. The van der Waals surface area contributed by atoms with Gasteiger partial charge < -0.3 is 10.0 Å². The summed E-state index contributed by atoms with van der Waals surface area (Å²) >= 11 is 1.83. The molecular formula is C11H17NOS. The van der Waals surface area contributed by atoms with Crippen LogP contribution in [0.2, 0.25) is 0 Å². The van der Waals surface area contributed by atoms with Crippen LogP contribution in [-0.2, 0) is 6.61 Å². The van der Waals surface area contributed by atoms with Crippen molar-refractivity contribution in [3.05, 3.63) is 29.8 Å². The Labute approximate surface area is 89.9 Å². The number of rotatable bonds is 5. The number of aliphatic hydroxyl groups is 1. The third kappa shape index (κ3) is 2.93. The number of aliphatic hydroxyl groups excluding tert-OH is 1. The first kappa shape index (κ1) is 11.4. The van der Waals surface area contributed by atoms with E-state index in [2.05, 4.69) is 18.2 Å². The standard InChI is InChI=1S/C11H17NOS/c1-12(7-8-14-2)11-6-4-3-5-10(11)9-13/h3-6,13H,7-9H2,1-2H3. The summed E-state index contributed by atoms with van der Waals surface area (Å²) in [4.78, 5) is 2.18. The van der Waals surface area contributed by atoms with Gasteiger partial charge in [0.2, 0.25) is 0 Å². The van der Waals surface area contributed by atoms with Gasteiger partial charge in [-0.15, -0.1) is 0 Å². The normalized spacial score (nSPS) is 10.2. The van der Waals surface area contributed by atoms with Gasteiger partial charge in [-0.3, -0.25) is 0 Å². The van der Waals surface area contributed by atoms with Crippen molar-refractivity contribution in [2.24, 2.45) is 0 Å². The minimum atomic E-state index is 0.111. The average Bonchev–Trinajstić information content (AvgIpc) is 2.25. The van der Waals surface area contributed by atoms with Crippen LogP contribution < -0.4 is 4.90 Å². The molecule has 0 aliphatic heterocycles. The Morgan fingerprint density at radius 3 is 2.71 bits per heavy atom. The molecule has 0 heterocycles. The summed E-state index contributed by atoms with van der Waals surface area (Å²) in [5.41, 5.74) is 2.13. The molecule has 78 valence electrons. The molecule has 0 amide bonds. The Bertz CT molecular complexity index is 278. The number of anilines is 1. The van der Waals surface area contributed by atoms with Crippen LogP contribution in [0.15, 0.2) is 24.3 Å². The van der Waals surface area contributed by atoms with Gasteiger partial charge in [0.05, 0.1) is 6.61 Å². The monoisotopic (exact) mass is 211 g/mol. The van der Waals surface area contributed by atoms with Crippen LogP contribution in [0.1, 0.15) is 5.56 Å². The van der Waals surface area contributed by atoms with Gasteiger partial charge in [0.1, 0.15) is 0 Å². The molecule has 0 saturated carbocycles. The van der Waals surface area contributed by atoms with Gasteiger partial charge in [-0.1, -0.05) is 18.2 Å². The van der Waals surface area contributed by atoms with Crippen LogP contribution in [0.5, 0.6) is 0 Å². The smallest absolute Gasteiger partial charge is 0.0702 e. The Balaban J connectivity index is 2.72. The first-order chi connectivity index (χ1) is 6.79. The lowest BCUT2D eigenvalue weighted by molar-refractivity contribution is 0.282. The summed E-state index contributed by atoms with van der Waals surface area (Å²) in [5.74, 6) is 1.11. The van der Waals surface area contributed by atoms with Gasteiger partial charge in [0, 0.05) is 30.6 Å². The highest BCUT2D eigenvalue weighted by Gasteiger charge is 2.04. The second-order valence-corrected chi connectivity index (χ2v) is 4.19. The van der Waals surface area contributed by atoms with Gasteiger partial charge in [0.15, 0.2) is 0 Å². The number of benzene rings is 1. The zero-order valence-corrected chi connectivity index (χ0v) is 9.55. The van der Waals surface area contributed by atoms with E-state index in [4.69, 9.17) is 5.11 Å². The van der Waals surface area contributed by atoms with Crippen molar-refractivity contribution in [2.75, 3.05) is 30.5 Å². The highest BCUT2D eigenvalue weighted by molar-refractivity contribution is 7.98. The minimum absolute atomic E-state index is 0.111. The topological polar surface area (TPSA) is 23.5 Å². The van der Waals surface area contributed by atoms with Gasteiger partial charge in [-0.2, -0.15) is 11.8 Å². The van der Waals surface area contributed by atoms with E-state index in [1.54, 1.807) is 0 Å². The van der Waals surface area contributed by atoms with E-state index in [1.807, 2.05) is 36.0 Å². The van der Waals surface area contributed by atoms with E-state index in [0.717, 1.165) is 23.5 Å². The molecular weight excluding hydrogens is 194 g/mol. The lowest BCUT2D eigenvalue weighted by Crippen LogP contribution is -2.21. The molecule has 1 rings (SSSR count). The summed E-state index contributed by atoms with van der Waals surface area (Å²) in [7, 11) is 2.06. The van der Waals surface area contributed by atoms with Crippen molar-refractivity contribution in [2.45, 2.75) is 6.61 Å². The summed E-state index contributed by atoms with van der Waals surface area (Å²) in [6.45, 7) is 1.12. The molecule has 1 aromatic carbocycles. The van der Waals surface area contributed by atoms with Crippen LogP contribution in [0, 0.1) is 0 Å². The number of thioether (sulfide) groups is 1. The van der Waals surface area contributed by atoms with Crippen molar-refractivity contribution < 1.29 is 5.11 Å². The van der Waals surface area contributed by atoms with Crippen molar-refractivity contribution in [1.29, 1.82) is 0 Å². The average molecular weight is 211 g/mol. The maximum Gasteiger partial charge on any atom is 0.0702 e. The van der Waals surface area contributed by atoms with Crippen LogP contribution in [0.3, 0.4) is 0 Å². The Morgan fingerprint density at radius 1 is 1.36 bits per heavy atom. The molecule has 0 aliphatic carbocycles. The number of nitrogens with zero attached hydrogens (tertiary/aromatic N) is 1. The van der Waals surface area contributed by atoms with E-state index in [1.165, 1.54) is 0 Å². The van der Waals surface area contributed by atoms with Crippen molar-refractivity contribution in [3.8, 4) is 0 Å². The molecule has 0 aromatic heterocycles. The maximum atomic E-state index is 9.16. The Kier molecular flexibility index (Phi) is 4.84. The van der Waals surface area contributed by atoms with E-state index in [-0.39, 0.29) is 6.61 Å². The van der Waals surface area contributed by atoms with Gasteiger partial charge in [0.25, 0.3) is 0 Å². The van der Waals surface area contributed by atoms with Crippen LogP contribution in [0.25, 0.3) is 0 Å². The molecule has 0 spiro atoms. The lowest BCUT2D eigenvalue weighted by Gasteiger charge is -2.21. The van der Waals surface area contributed by atoms with Crippen molar-refractivity contribution >= 4 is 17.4 Å². The minimum Gasteiger partial charge on any atom is -0.392 e. The van der Waals surface area contributed by atoms with Crippen molar-refractivity contribution in [1.82, 2.24) is 0 Å². The Morgan fingerprint density at radius 2 is 2.07 bits per heavy atom. The number of para-hydroxylation sites is 1. The molecule has 0 saturated heterocycles. The molecule has 1 N–H and O–H groups in total. The predicted octanol–water partition coefficient (Wildman–Crippen LogP) is 1.98. The second kappa shape index (κ2) is 5.94. The molecule has 14 heavy (non-hydrogen) atoms. The summed E-state index contributed by atoms with van der Waals surface area (Å²) < 4.78 is 0. The summed E-state index contributed by atoms with van der Waals surface area (Å²) in [5, 5.41) is 9.16. The third-order valence-corrected chi connectivity index (χ3v) is 2.79. The fourth-order valence-corrected chi connectivity index (χ4v) is 1.82. The first-order valence-electron chi connectivity index (χ1n) is 4.68. The number of hydrogen-bond acceptors (Lipinski definition) is 3. The summed E-state index contributed by atoms with van der Waals surface area (Å²) in [6, 6.07) is 7.97. The maximum absolute atomic E-state index is 9.16. The third-order valence-electron chi connectivity index (χ3n) is 2.20. The fraction of sp³-hybridized carbons (Fsp3) is 0.455.